The summed E-state index contributed by atoms with van der Waals surface area (Å²) in [6.45, 7) is 1.15. The van der Waals surface area contributed by atoms with Crippen LogP contribution in [-0.2, 0) is 10.0 Å². The lowest BCUT2D eigenvalue weighted by atomic mass is 10.4. The zero-order valence-electron chi connectivity index (χ0n) is 8.86. The summed E-state index contributed by atoms with van der Waals surface area (Å²) >= 11 is 0.976. The van der Waals surface area contributed by atoms with E-state index in [4.69, 9.17) is 5.26 Å². The van der Waals surface area contributed by atoms with Gasteiger partial charge in [0, 0.05) is 6.54 Å². The number of nitrogens with one attached hydrogen (secondary N) is 2. The summed E-state index contributed by atoms with van der Waals surface area (Å²) in [5.74, 6) is 0. The molecule has 5 nitrogen and oxygen atoms in total. The van der Waals surface area contributed by atoms with E-state index in [1.165, 1.54) is 12.1 Å². The van der Waals surface area contributed by atoms with Crippen LogP contribution >= 0.6 is 11.3 Å². The van der Waals surface area contributed by atoms with Crippen molar-refractivity contribution in [2.75, 3.05) is 20.1 Å². The Morgan fingerprint density at radius 3 is 2.75 bits per heavy atom. The highest BCUT2D eigenvalue weighted by atomic mass is 32.2. The van der Waals surface area contributed by atoms with E-state index in [1.54, 1.807) is 0 Å². The molecule has 1 rings (SSSR count). The van der Waals surface area contributed by atoms with E-state index in [0.717, 1.165) is 24.3 Å². The highest BCUT2D eigenvalue weighted by molar-refractivity contribution is 7.91. The maximum atomic E-state index is 11.7. The number of rotatable bonds is 6. The molecule has 0 bridgehead atoms. The maximum absolute atomic E-state index is 11.7. The third-order valence-corrected chi connectivity index (χ3v) is 4.79. The van der Waals surface area contributed by atoms with Crippen LogP contribution in [0.2, 0.25) is 0 Å². The molecule has 2 N–H and O–H groups in total. The quantitative estimate of drug-likeness (QED) is 0.729. The summed E-state index contributed by atoms with van der Waals surface area (Å²) in [5.41, 5.74) is 0. The molecule has 16 heavy (non-hydrogen) atoms. The van der Waals surface area contributed by atoms with Crippen LogP contribution in [0, 0.1) is 11.3 Å². The predicted molar refractivity (Wildman–Crippen MR) is 62.8 cm³/mol. The van der Waals surface area contributed by atoms with Gasteiger partial charge in [0.2, 0.25) is 10.0 Å². The Morgan fingerprint density at radius 2 is 2.19 bits per heavy atom. The standard InChI is InChI=1S/C9H13N3O2S2/c1-11-5-2-6-12-16(13,14)9-4-3-8(7-10)15-9/h3-4,11-12H,2,5-6H2,1H3. The van der Waals surface area contributed by atoms with Gasteiger partial charge in [0.05, 0.1) is 0 Å². The van der Waals surface area contributed by atoms with Gasteiger partial charge in [0.25, 0.3) is 0 Å². The number of thiophene rings is 1. The predicted octanol–water partition coefficient (Wildman–Crippen LogP) is 0.508. The molecule has 0 unspecified atom stereocenters. The molecule has 88 valence electrons. The summed E-state index contributed by atoms with van der Waals surface area (Å²) in [7, 11) is -1.63. The largest absolute Gasteiger partial charge is 0.320 e. The van der Waals surface area contributed by atoms with Gasteiger partial charge < -0.3 is 5.32 Å². The molecular weight excluding hydrogens is 246 g/mol. The van der Waals surface area contributed by atoms with Crippen molar-refractivity contribution in [2.24, 2.45) is 0 Å². The van der Waals surface area contributed by atoms with E-state index in [2.05, 4.69) is 10.0 Å². The van der Waals surface area contributed by atoms with Crippen molar-refractivity contribution in [3.05, 3.63) is 17.0 Å². The van der Waals surface area contributed by atoms with Crippen LogP contribution < -0.4 is 10.0 Å². The van der Waals surface area contributed by atoms with E-state index in [-0.39, 0.29) is 4.21 Å². The summed E-state index contributed by atoms with van der Waals surface area (Å²) in [6.07, 6.45) is 0.728. The Kier molecular flexibility index (Phi) is 4.89. The second kappa shape index (κ2) is 5.96. The molecule has 0 amide bonds. The van der Waals surface area contributed by atoms with Gasteiger partial charge in [-0.1, -0.05) is 0 Å². The second-order valence-corrected chi connectivity index (χ2v) is 6.16. The molecule has 0 fully saturated rings. The third kappa shape index (κ3) is 3.57. The van der Waals surface area contributed by atoms with Crippen LogP contribution in [-0.4, -0.2) is 28.6 Å². The SMILES string of the molecule is CNCCCNS(=O)(=O)c1ccc(C#N)s1. The van der Waals surface area contributed by atoms with Crippen LogP contribution in [0.1, 0.15) is 11.3 Å². The maximum Gasteiger partial charge on any atom is 0.250 e. The van der Waals surface area contributed by atoms with Crippen molar-refractivity contribution in [1.29, 1.82) is 5.26 Å². The van der Waals surface area contributed by atoms with Crippen molar-refractivity contribution in [1.82, 2.24) is 10.0 Å². The molecule has 0 saturated carbocycles. The fourth-order valence-electron chi connectivity index (χ4n) is 1.07. The van der Waals surface area contributed by atoms with Crippen LogP contribution in [0.3, 0.4) is 0 Å². The molecule has 7 heteroatoms. The molecule has 1 aromatic rings. The van der Waals surface area contributed by atoms with Gasteiger partial charge in [-0.05, 0) is 32.1 Å². The molecule has 0 spiro atoms. The van der Waals surface area contributed by atoms with Gasteiger partial charge >= 0.3 is 0 Å². The van der Waals surface area contributed by atoms with Crippen molar-refractivity contribution in [3.63, 3.8) is 0 Å². The van der Waals surface area contributed by atoms with Crippen LogP contribution in [0.15, 0.2) is 16.3 Å². The normalized spacial score (nSPS) is 11.2. The summed E-state index contributed by atoms with van der Waals surface area (Å²) in [5, 5.41) is 11.5. The average Bonchev–Trinajstić information content (AvgIpc) is 2.73. The Morgan fingerprint density at radius 1 is 1.44 bits per heavy atom. The second-order valence-electron chi connectivity index (χ2n) is 3.09. The van der Waals surface area contributed by atoms with Gasteiger partial charge in [-0.25, -0.2) is 13.1 Å². The summed E-state index contributed by atoms with van der Waals surface area (Å²) in [6, 6.07) is 4.87. The number of nitrogens with zero attached hydrogens (tertiary/aromatic N) is 1. The third-order valence-electron chi connectivity index (χ3n) is 1.85. The Balaban J connectivity index is 2.61. The van der Waals surface area contributed by atoms with E-state index < -0.39 is 10.0 Å². The van der Waals surface area contributed by atoms with Crippen molar-refractivity contribution >= 4 is 21.4 Å². The lowest BCUT2D eigenvalue weighted by Gasteiger charge is -2.03. The molecule has 1 heterocycles. The highest BCUT2D eigenvalue weighted by Crippen LogP contribution is 2.20. The topological polar surface area (TPSA) is 82.0 Å². The minimum absolute atomic E-state index is 0.188. The van der Waals surface area contributed by atoms with Crippen molar-refractivity contribution in [3.8, 4) is 6.07 Å². The molecule has 0 aliphatic rings. The van der Waals surface area contributed by atoms with Gasteiger partial charge in [-0.2, -0.15) is 5.26 Å². The zero-order chi connectivity index (χ0) is 12.0. The molecule has 0 radical (unpaired) electrons. The van der Waals surface area contributed by atoms with E-state index in [9.17, 15) is 8.42 Å². The first-order chi connectivity index (χ1) is 7.60. The molecule has 0 aliphatic carbocycles. The molecule has 0 saturated heterocycles. The molecule has 0 aromatic carbocycles. The minimum atomic E-state index is -3.44. The van der Waals surface area contributed by atoms with Gasteiger partial charge in [0.1, 0.15) is 15.2 Å². The number of hydrogen-bond acceptors (Lipinski definition) is 5. The lowest BCUT2D eigenvalue weighted by Crippen LogP contribution is -2.26. The Hall–Kier alpha value is -0.940. The first-order valence-corrected chi connectivity index (χ1v) is 7.04. The fraction of sp³-hybridized carbons (Fsp3) is 0.444. The molecule has 0 aliphatic heterocycles. The molecule has 1 aromatic heterocycles. The van der Waals surface area contributed by atoms with Crippen LogP contribution in [0.5, 0.6) is 0 Å². The molecular formula is C9H13N3O2S2. The Labute approximate surface area is 99.1 Å². The van der Waals surface area contributed by atoms with Gasteiger partial charge in [-0.3, -0.25) is 0 Å². The van der Waals surface area contributed by atoms with Crippen molar-refractivity contribution in [2.45, 2.75) is 10.6 Å². The van der Waals surface area contributed by atoms with Gasteiger partial charge in [0.15, 0.2) is 0 Å². The number of hydrogen-bond donors (Lipinski definition) is 2. The van der Waals surface area contributed by atoms with E-state index >= 15 is 0 Å². The average molecular weight is 259 g/mol. The smallest absolute Gasteiger partial charge is 0.250 e. The van der Waals surface area contributed by atoms with Crippen LogP contribution in [0.25, 0.3) is 0 Å². The van der Waals surface area contributed by atoms with Gasteiger partial charge in [-0.15, -0.1) is 11.3 Å². The highest BCUT2D eigenvalue weighted by Gasteiger charge is 2.15. The fourth-order valence-corrected chi connectivity index (χ4v) is 3.29. The Bertz CT molecular complexity index is 473. The first kappa shape index (κ1) is 13.1. The number of sulfonamides is 1. The van der Waals surface area contributed by atoms with E-state index in [1.807, 2.05) is 13.1 Å². The molecule has 0 atom stereocenters. The van der Waals surface area contributed by atoms with E-state index in [0.29, 0.717) is 11.4 Å². The monoisotopic (exact) mass is 259 g/mol. The number of nitriles is 1. The summed E-state index contributed by atoms with van der Waals surface area (Å²) in [4.78, 5) is 0.399. The van der Waals surface area contributed by atoms with Crippen LogP contribution in [0.4, 0.5) is 0 Å². The lowest BCUT2D eigenvalue weighted by molar-refractivity contribution is 0.579. The summed E-state index contributed by atoms with van der Waals surface area (Å²) < 4.78 is 26.1. The zero-order valence-corrected chi connectivity index (χ0v) is 10.5. The first-order valence-electron chi connectivity index (χ1n) is 4.74. The van der Waals surface area contributed by atoms with Crippen molar-refractivity contribution < 1.29 is 8.42 Å². The minimum Gasteiger partial charge on any atom is -0.320 e.